The highest BCUT2D eigenvalue weighted by molar-refractivity contribution is 6.13. The predicted molar refractivity (Wildman–Crippen MR) is 318 cm³/mol. The summed E-state index contributed by atoms with van der Waals surface area (Å²) in [5.74, 6) is -1.66. The second-order valence-corrected chi connectivity index (χ2v) is 22.4. The van der Waals surface area contributed by atoms with Crippen molar-refractivity contribution in [2.75, 3.05) is 70.4 Å². The van der Waals surface area contributed by atoms with E-state index in [4.69, 9.17) is 29.4 Å². The molecule has 0 spiro atoms. The molecular weight excluding hydrogens is 1120 g/mol. The van der Waals surface area contributed by atoms with Crippen molar-refractivity contribution in [3.63, 3.8) is 0 Å². The topological polar surface area (TPSA) is 319 Å². The molecule has 1 saturated carbocycles. The predicted octanol–water partition coefficient (Wildman–Crippen LogP) is 5.32. The van der Waals surface area contributed by atoms with Crippen molar-refractivity contribution in [3.8, 4) is 23.0 Å². The molecule has 5 aliphatic heterocycles. The van der Waals surface area contributed by atoms with E-state index in [-0.39, 0.29) is 118 Å². The fraction of sp³-hybridized carbons (Fsp3) is 0.452. The molecule has 4 unspecified atom stereocenters. The number of urea groups is 1. The number of nitrogens with zero attached hydrogens (tertiary/aromatic N) is 5. The molecule has 462 valence electrons. The molecule has 4 atom stereocenters. The van der Waals surface area contributed by atoms with Crippen molar-refractivity contribution in [3.05, 3.63) is 102 Å². The summed E-state index contributed by atoms with van der Waals surface area (Å²) in [5.41, 5.74) is 7.38. The SMILES string of the molecule is C=C1CC2C=Nc3cc(OCCCCCOc4cc5c(cc4OC)C(=O)N4CC(=C)CC4C(O)N5C(=O)OCc4ccc(NC(=O)C(CCCNC(N)=O)NC(=O)C5(C(=O)NCCCCCN6C(=O)C=CC6=O)CCC5)cc4)c(OC)cc3C(=O)N2C1. The first-order chi connectivity index (χ1) is 41.9. The second kappa shape index (κ2) is 27.8. The lowest BCUT2D eigenvalue weighted by molar-refractivity contribution is -0.151. The summed E-state index contributed by atoms with van der Waals surface area (Å²) in [6, 6.07) is 9.81. The first kappa shape index (κ1) is 62.3. The van der Waals surface area contributed by atoms with Crippen LogP contribution in [-0.4, -0.2) is 164 Å². The van der Waals surface area contributed by atoms with Crippen LogP contribution in [0.1, 0.15) is 110 Å². The smallest absolute Gasteiger partial charge is 0.416 e. The highest BCUT2D eigenvalue weighted by Crippen LogP contribution is 2.44. The van der Waals surface area contributed by atoms with Gasteiger partial charge in [0, 0.05) is 68.9 Å². The average Bonchev–Trinajstić information content (AvgIpc) is 1.84. The van der Waals surface area contributed by atoms with Gasteiger partial charge in [0.05, 0.1) is 62.0 Å². The molecule has 3 aromatic carbocycles. The minimum absolute atomic E-state index is 0.0418. The van der Waals surface area contributed by atoms with Crippen LogP contribution >= 0.6 is 0 Å². The van der Waals surface area contributed by atoms with Crippen molar-refractivity contribution in [2.24, 2.45) is 16.1 Å². The van der Waals surface area contributed by atoms with Crippen LogP contribution in [-0.2, 0) is 35.3 Å². The molecule has 87 heavy (non-hydrogen) atoms. The molecule has 0 aromatic heterocycles. The fourth-order valence-electron chi connectivity index (χ4n) is 11.4. The molecule has 3 aromatic rings. The second-order valence-electron chi connectivity index (χ2n) is 22.4. The van der Waals surface area contributed by atoms with Crippen LogP contribution in [0.3, 0.4) is 0 Å². The van der Waals surface area contributed by atoms with Gasteiger partial charge in [0.2, 0.25) is 17.7 Å². The third-order valence-corrected chi connectivity index (χ3v) is 16.4. The van der Waals surface area contributed by atoms with Crippen LogP contribution in [0.15, 0.2) is 90.0 Å². The van der Waals surface area contributed by atoms with Gasteiger partial charge < -0.3 is 65.6 Å². The highest BCUT2D eigenvalue weighted by Gasteiger charge is 2.52. The molecule has 1 aliphatic carbocycles. The molecule has 2 saturated heterocycles. The van der Waals surface area contributed by atoms with Gasteiger partial charge >= 0.3 is 12.1 Å². The van der Waals surface area contributed by atoms with Crippen molar-refractivity contribution in [1.82, 2.24) is 30.7 Å². The van der Waals surface area contributed by atoms with Gasteiger partial charge in [0.25, 0.3) is 23.6 Å². The van der Waals surface area contributed by atoms with Gasteiger partial charge in [-0.25, -0.2) is 14.5 Å². The van der Waals surface area contributed by atoms with E-state index in [1.807, 2.05) is 0 Å². The van der Waals surface area contributed by atoms with Gasteiger partial charge in [0.1, 0.15) is 18.1 Å². The number of nitrogens with two attached hydrogens (primary N) is 1. The highest BCUT2D eigenvalue weighted by atomic mass is 16.6. The summed E-state index contributed by atoms with van der Waals surface area (Å²) in [6.45, 7) is 9.63. The maximum atomic E-state index is 14.3. The van der Waals surface area contributed by atoms with E-state index in [1.165, 1.54) is 43.4 Å². The van der Waals surface area contributed by atoms with E-state index in [9.17, 15) is 48.3 Å². The molecule has 0 radical (unpaired) electrons. The van der Waals surface area contributed by atoms with E-state index in [2.05, 4.69) is 39.4 Å². The number of anilines is 2. The lowest BCUT2D eigenvalue weighted by Gasteiger charge is -2.39. The number of hydrogen-bond acceptors (Lipinski definition) is 16. The van der Waals surface area contributed by atoms with E-state index < -0.39 is 59.5 Å². The van der Waals surface area contributed by atoms with Gasteiger partial charge in [-0.3, -0.25) is 43.5 Å². The van der Waals surface area contributed by atoms with Crippen molar-refractivity contribution >= 4 is 76.8 Å². The number of aliphatic imine (C=N–C) groups is 1. The van der Waals surface area contributed by atoms with E-state index in [0.717, 1.165) is 15.4 Å². The number of primary amides is 1. The van der Waals surface area contributed by atoms with Gasteiger partial charge in [-0.15, -0.1) is 0 Å². The molecule has 9 rings (SSSR count). The summed E-state index contributed by atoms with van der Waals surface area (Å²) in [6.07, 6.45) is 7.71. The number of benzene rings is 3. The van der Waals surface area contributed by atoms with Gasteiger partial charge in [0.15, 0.2) is 29.2 Å². The number of unbranched alkanes of at least 4 members (excludes halogenated alkanes) is 4. The molecule has 5 heterocycles. The van der Waals surface area contributed by atoms with E-state index >= 15 is 0 Å². The molecule has 7 N–H and O–H groups in total. The number of nitrogens with one attached hydrogen (secondary N) is 4. The Morgan fingerprint density at radius 1 is 0.747 bits per heavy atom. The van der Waals surface area contributed by atoms with E-state index in [0.29, 0.717) is 104 Å². The molecule has 6 aliphatic rings. The van der Waals surface area contributed by atoms with Crippen LogP contribution in [0.25, 0.3) is 0 Å². The van der Waals surface area contributed by atoms with Crippen LogP contribution in [0.5, 0.6) is 23.0 Å². The number of imide groups is 1. The first-order valence-electron chi connectivity index (χ1n) is 29.3. The lowest BCUT2D eigenvalue weighted by atomic mass is 9.67. The van der Waals surface area contributed by atoms with Gasteiger partial charge in [-0.05, 0) is 107 Å². The maximum Gasteiger partial charge on any atom is 0.416 e. The zero-order valence-corrected chi connectivity index (χ0v) is 48.9. The number of rotatable bonds is 27. The standard InChI is InChI=1S/C62H74N10O15/c1-37-27-41-33-66-45-31-50(48(83-3)29-42(45)55(76)70(41)34-37)85-25-9-6-10-26-86-51-32-46-43(30-49(51)84-4)56(77)71-35-38(2)28-47(71)57(78)72(46)61(82)87-36-39-14-16-40(17-15-39)67-54(75)44(13-11-23-65-60(63)81)68-59(80)62(20-12-21-62)58(79)64-22-7-5-8-24-69-52(73)18-19-53(69)74/h14-19,29-33,41,44,47,57,78H,1-2,5-13,20-28,34-36H2,3-4H3,(H,64,79)(H,67,75)(H,68,80)(H3,63,65,81). The summed E-state index contributed by atoms with van der Waals surface area (Å²) in [4.78, 5) is 128. The summed E-state index contributed by atoms with van der Waals surface area (Å²) >= 11 is 0. The minimum atomic E-state index is -1.56. The number of hydrogen-bond donors (Lipinski definition) is 6. The normalized spacial score (nSPS) is 19.2. The molecule has 25 nitrogen and oxygen atoms in total. The summed E-state index contributed by atoms with van der Waals surface area (Å²) in [5, 5.41) is 22.9. The fourth-order valence-corrected chi connectivity index (χ4v) is 11.4. The molecule has 10 amide bonds. The molecule has 25 heteroatoms. The quantitative estimate of drug-likeness (QED) is 0.0244. The molecule has 0 bridgehead atoms. The van der Waals surface area contributed by atoms with Gasteiger partial charge in [-0.2, -0.15) is 0 Å². The zero-order valence-electron chi connectivity index (χ0n) is 48.9. The Morgan fingerprint density at radius 3 is 2.05 bits per heavy atom. The number of amides is 10. The number of fused-ring (bicyclic) bond motifs is 4. The zero-order chi connectivity index (χ0) is 61.9. The maximum absolute atomic E-state index is 14.3. The number of carbonyl (C=O) groups is 9. The van der Waals surface area contributed by atoms with Crippen molar-refractivity contribution in [1.29, 1.82) is 0 Å². The van der Waals surface area contributed by atoms with Crippen LogP contribution in [0, 0.1) is 5.41 Å². The Labute approximate surface area is 503 Å². The largest absolute Gasteiger partial charge is 0.493 e. The number of aliphatic hydroxyl groups is 1. The number of carbonyl (C=O) groups excluding carboxylic acids is 9. The monoisotopic (exact) mass is 1200 g/mol. The number of ether oxygens (including phenoxy) is 5. The van der Waals surface area contributed by atoms with Crippen LogP contribution in [0.2, 0.25) is 0 Å². The Bertz CT molecular complexity index is 3250. The average molecular weight is 1200 g/mol. The van der Waals surface area contributed by atoms with Crippen LogP contribution < -0.4 is 50.8 Å². The lowest BCUT2D eigenvalue weighted by Crippen LogP contribution is -2.58. The third-order valence-electron chi connectivity index (χ3n) is 16.4. The minimum Gasteiger partial charge on any atom is -0.493 e. The summed E-state index contributed by atoms with van der Waals surface area (Å²) < 4.78 is 29.5. The van der Waals surface area contributed by atoms with E-state index in [1.54, 1.807) is 47.5 Å². The number of aliphatic hydroxyl groups excluding tert-OH is 1. The molecular formula is C62H74N10O15. The third kappa shape index (κ3) is 14.2. The Balaban J connectivity index is 0.796. The van der Waals surface area contributed by atoms with Crippen LogP contribution in [0.4, 0.5) is 26.7 Å². The Kier molecular flexibility index (Phi) is 19.9. The van der Waals surface area contributed by atoms with Crippen molar-refractivity contribution in [2.45, 2.75) is 114 Å². The Hall–Kier alpha value is -9.26. The van der Waals surface area contributed by atoms with Crippen molar-refractivity contribution < 1.29 is 71.9 Å². The molecule has 3 fully saturated rings. The van der Waals surface area contributed by atoms with Gasteiger partial charge in [-0.1, -0.05) is 42.9 Å². The Morgan fingerprint density at radius 2 is 1.38 bits per heavy atom. The summed E-state index contributed by atoms with van der Waals surface area (Å²) in [7, 11) is 2.94. The number of methoxy groups -OCH3 is 2. The first-order valence-corrected chi connectivity index (χ1v) is 29.3.